The molecule has 4 nitrogen and oxygen atoms in total. The lowest BCUT2D eigenvalue weighted by atomic mass is 9.97. The van der Waals surface area contributed by atoms with Crippen LogP contribution in [0, 0.1) is 6.92 Å². The molecule has 1 aromatic rings. The number of rotatable bonds is 7. The van der Waals surface area contributed by atoms with Crippen LogP contribution in [-0.4, -0.2) is 18.4 Å². The first-order chi connectivity index (χ1) is 12.0. The van der Waals surface area contributed by atoms with Gasteiger partial charge < -0.3 is 10.6 Å². The van der Waals surface area contributed by atoms with Gasteiger partial charge in [-0.15, -0.1) is 0 Å². The number of nitrogens with one attached hydrogen (secondary N) is 2. The summed E-state index contributed by atoms with van der Waals surface area (Å²) in [6.07, 6.45) is 7.85. The van der Waals surface area contributed by atoms with E-state index in [1.165, 1.54) is 18.4 Å². The molecule has 0 bridgehead atoms. The molecule has 0 atom stereocenters. The Balaban J connectivity index is 1.82. The van der Waals surface area contributed by atoms with Crippen molar-refractivity contribution >= 4 is 17.5 Å². The van der Waals surface area contributed by atoms with Gasteiger partial charge >= 0.3 is 0 Å². The lowest BCUT2D eigenvalue weighted by Gasteiger charge is -2.16. The second-order valence-electron chi connectivity index (χ2n) is 7.13. The molecule has 1 aliphatic rings. The van der Waals surface area contributed by atoms with Crippen LogP contribution in [0.2, 0.25) is 0 Å². The fourth-order valence-electron chi connectivity index (χ4n) is 3.23. The highest BCUT2D eigenvalue weighted by Crippen LogP contribution is 2.27. The first-order valence-electron chi connectivity index (χ1n) is 9.31. The third-order valence-electron chi connectivity index (χ3n) is 4.67. The highest BCUT2D eigenvalue weighted by atomic mass is 16.2. The molecule has 2 amide bonds. The van der Waals surface area contributed by atoms with Crippen LogP contribution in [0.1, 0.15) is 69.4 Å². The average molecular weight is 342 g/mol. The maximum Gasteiger partial charge on any atom is 0.233 e. The largest absolute Gasteiger partial charge is 0.355 e. The van der Waals surface area contributed by atoms with Gasteiger partial charge in [-0.05, 0) is 56.1 Å². The molecule has 0 unspecified atom stereocenters. The van der Waals surface area contributed by atoms with E-state index in [0.717, 1.165) is 36.1 Å². The summed E-state index contributed by atoms with van der Waals surface area (Å²) in [7, 11) is 0. The monoisotopic (exact) mass is 342 g/mol. The molecule has 1 aromatic carbocycles. The molecule has 0 aliphatic heterocycles. The maximum absolute atomic E-state index is 12.2. The SMILES string of the molecule is Cc1cccc(C(C)C)c1NC(=O)CC(=O)NCCC1=CCCCC1. The van der Waals surface area contributed by atoms with Crippen LogP contribution in [0.15, 0.2) is 29.8 Å². The fraction of sp³-hybridized carbons (Fsp3) is 0.524. The van der Waals surface area contributed by atoms with E-state index in [9.17, 15) is 9.59 Å². The van der Waals surface area contributed by atoms with Crippen LogP contribution in [0.4, 0.5) is 5.69 Å². The molecule has 0 aromatic heterocycles. The van der Waals surface area contributed by atoms with Crippen LogP contribution in [0.25, 0.3) is 0 Å². The van der Waals surface area contributed by atoms with E-state index >= 15 is 0 Å². The second-order valence-corrected chi connectivity index (χ2v) is 7.13. The molecule has 2 rings (SSSR count). The Morgan fingerprint density at radius 2 is 1.96 bits per heavy atom. The third-order valence-corrected chi connectivity index (χ3v) is 4.67. The van der Waals surface area contributed by atoms with Crippen molar-refractivity contribution in [3.05, 3.63) is 41.0 Å². The quantitative estimate of drug-likeness (QED) is 0.568. The summed E-state index contributed by atoms with van der Waals surface area (Å²) in [5.74, 6) is -0.160. The van der Waals surface area contributed by atoms with Gasteiger partial charge in [-0.3, -0.25) is 9.59 Å². The van der Waals surface area contributed by atoms with Crippen LogP contribution >= 0.6 is 0 Å². The number of aryl methyl sites for hydroxylation is 1. The minimum atomic E-state index is -0.259. The van der Waals surface area contributed by atoms with Crippen molar-refractivity contribution in [3.8, 4) is 0 Å². The molecule has 25 heavy (non-hydrogen) atoms. The zero-order valence-electron chi connectivity index (χ0n) is 15.7. The summed E-state index contributed by atoms with van der Waals surface area (Å²) >= 11 is 0. The lowest BCUT2D eigenvalue weighted by Crippen LogP contribution is -2.29. The van der Waals surface area contributed by atoms with Gasteiger partial charge in [0.05, 0.1) is 0 Å². The van der Waals surface area contributed by atoms with E-state index in [0.29, 0.717) is 12.5 Å². The van der Waals surface area contributed by atoms with Crippen molar-refractivity contribution in [2.75, 3.05) is 11.9 Å². The number of carbonyl (C=O) groups is 2. The first kappa shape index (κ1) is 19.2. The Hall–Kier alpha value is -2.10. The third kappa shape index (κ3) is 6.04. The van der Waals surface area contributed by atoms with Gasteiger partial charge in [-0.1, -0.05) is 43.7 Å². The summed E-state index contributed by atoms with van der Waals surface area (Å²) < 4.78 is 0. The Kier molecular flexibility index (Phi) is 7.23. The Morgan fingerprint density at radius 3 is 2.64 bits per heavy atom. The zero-order chi connectivity index (χ0) is 18.2. The van der Waals surface area contributed by atoms with Crippen molar-refractivity contribution in [1.29, 1.82) is 0 Å². The van der Waals surface area contributed by atoms with Gasteiger partial charge in [-0.2, -0.15) is 0 Å². The topological polar surface area (TPSA) is 58.2 Å². The van der Waals surface area contributed by atoms with Gasteiger partial charge in [0.2, 0.25) is 11.8 Å². The summed E-state index contributed by atoms with van der Waals surface area (Å²) in [6.45, 7) is 6.77. The maximum atomic E-state index is 12.2. The molecule has 0 fully saturated rings. The number of hydrogen-bond acceptors (Lipinski definition) is 2. The Labute approximate surface area is 151 Å². The smallest absolute Gasteiger partial charge is 0.233 e. The standard InChI is InChI=1S/C21H30N2O2/c1-15(2)18-11-7-8-16(3)21(18)23-20(25)14-19(24)22-13-12-17-9-5-4-6-10-17/h7-9,11,15H,4-6,10,12-14H2,1-3H3,(H,22,24)(H,23,25). The molecule has 136 valence electrons. The number of allylic oxidation sites excluding steroid dienone is 1. The molecular formula is C21H30N2O2. The molecule has 0 saturated carbocycles. The number of carbonyl (C=O) groups excluding carboxylic acids is 2. The normalized spacial score (nSPS) is 14.2. The molecular weight excluding hydrogens is 312 g/mol. The van der Waals surface area contributed by atoms with Crippen molar-refractivity contribution in [2.24, 2.45) is 0 Å². The molecule has 0 saturated heterocycles. The minimum absolute atomic E-state index is 0.134. The van der Waals surface area contributed by atoms with E-state index < -0.39 is 0 Å². The fourth-order valence-corrected chi connectivity index (χ4v) is 3.23. The van der Waals surface area contributed by atoms with E-state index in [1.807, 2.05) is 25.1 Å². The van der Waals surface area contributed by atoms with Gasteiger partial charge in [0, 0.05) is 12.2 Å². The van der Waals surface area contributed by atoms with Gasteiger partial charge in [0.1, 0.15) is 6.42 Å². The predicted octanol–water partition coefficient (Wildman–Crippen LogP) is 4.45. The molecule has 2 N–H and O–H groups in total. The van der Waals surface area contributed by atoms with Crippen molar-refractivity contribution < 1.29 is 9.59 Å². The van der Waals surface area contributed by atoms with E-state index in [-0.39, 0.29) is 18.2 Å². The van der Waals surface area contributed by atoms with Gasteiger partial charge in [0.25, 0.3) is 0 Å². The number of benzene rings is 1. The molecule has 0 radical (unpaired) electrons. The van der Waals surface area contributed by atoms with E-state index in [4.69, 9.17) is 0 Å². The van der Waals surface area contributed by atoms with Gasteiger partial charge in [0.15, 0.2) is 0 Å². The number of amides is 2. The van der Waals surface area contributed by atoms with Crippen molar-refractivity contribution in [1.82, 2.24) is 5.32 Å². The summed E-state index contributed by atoms with van der Waals surface area (Å²) in [4.78, 5) is 24.2. The van der Waals surface area contributed by atoms with Crippen molar-refractivity contribution in [3.63, 3.8) is 0 Å². The number of anilines is 1. The lowest BCUT2D eigenvalue weighted by molar-refractivity contribution is -0.126. The van der Waals surface area contributed by atoms with Crippen LogP contribution in [-0.2, 0) is 9.59 Å². The molecule has 4 heteroatoms. The van der Waals surface area contributed by atoms with Crippen LogP contribution < -0.4 is 10.6 Å². The summed E-state index contributed by atoms with van der Waals surface area (Å²) in [6, 6.07) is 5.98. The minimum Gasteiger partial charge on any atom is -0.355 e. The zero-order valence-corrected chi connectivity index (χ0v) is 15.7. The highest BCUT2D eigenvalue weighted by molar-refractivity contribution is 6.04. The first-order valence-corrected chi connectivity index (χ1v) is 9.31. The van der Waals surface area contributed by atoms with E-state index in [1.54, 1.807) is 0 Å². The summed E-state index contributed by atoms with van der Waals surface area (Å²) in [5.41, 5.74) is 4.38. The number of para-hydroxylation sites is 1. The average Bonchev–Trinajstić information content (AvgIpc) is 2.57. The van der Waals surface area contributed by atoms with Crippen LogP contribution in [0.3, 0.4) is 0 Å². The molecule has 1 aliphatic carbocycles. The second kappa shape index (κ2) is 9.40. The highest BCUT2D eigenvalue weighted by Gasteiger charge is 2.14. The molecule has 0 spiro atoms. The van der Waals surface area contributed by atoms with Crippen molar-refractivity contribution in [2.45, 2.75) is 65.2 Å². The Bertz CT molecular complexity index is 647. The van der Waals surface area contributed by atoms with Gasteiger partial charge in [-0.25, -0.2) is 0 Å². The number of hydrogen-bond donors (Lipinski definition) is 2. The van der Waals surface area contributed by atoms with E-state index in [2.05, 4.69) is 30.6 Å². The Morgan fingerprint density at radius 1 is 1.16 bits per heavy atom. The van der Waals surface area contributed by atoms with Crippen LogP contribution in [0.5, 0.6) is 0 Å². The predicted molar refractivity (Wildman–Crippen MR) is 103 cm³/mol. The summed E-state index contributed by atoms with van der Waals surface area (Å²) in [5, 5.41) is 5.78. The molecule has 0 heterocycles.